The number of nitrogens with one attached hydrogen (secondary N) is 1. The second kappa shape index (κ2) is 11.7. The third-order valence-corrected chi connectivity index (χ3v) is 9.51. The van der Waals surface area contributed by atoms with Gasteiger partial charge in [-0.2, -0.15) is 0 Å². The lowest BCUT2D eigenvalue weighted by Gasteiger charge is -2.07. The second-order valence-electron chi connectivity index (χ2n) is 6.90. The number of halogens is 2. The molecular weight excluding hydrogens is 566 g/mol. The first-order valence-corrected chi connectivity index (χ1v) is 14.0. The number of carbonyl (C=O) groups excluding carboxylic acids is 2. The maximum absolute atomic E-state index is 13.1. The average Bonchev–Trinajstić information content (AvgIpc) is 3.44. The van der Waals surface area contributed by atoms with Gasteiger partial charge in [0.05, 0.1) is 22.9 Å². The van der Waals surface area contributed by atoms with Crippen molar-refractivity contribution < 1.29 is 9.59 Å². The van der Waals surface area contributed by atoms with Gasteiger partial charge in [0.25, 0.3) is 5.91 Å². The van der Waals surface area contributed by atoms with E-state index in [9.17, 15) is 9.59 Å². The molecule has 3 heterocycles. The van der Waals surface area contributed by atoms with Gasteiger partial charge in [0.2, 0.25) is 0 Å². The summed E-state index contributed by atoms with van der Waals surface area (Å²) in [5.41, 5.74) is 0.976. The summed E-state index contributed by atoms with van der Waals surface area (Å²) in [6.45, 7) is 2.84. The quantitative estimate of drug-likeness (QED) is 0.180. The smallest absolute Gasteiger partial charge is 0.253 e. The van der Waals surface area contributed by atoms with Gasteiger partial charge >= 0.3 is 0 Å². The Morgan fingerprint density at radius 1 is 0.900 bits per heavy atom. The summed E-state index contributed by atoms with van der Waals surface area (Å²) in [6.07, 6.45) is 7.85. The highest BCUT2D eigenvalue weighted by atomic mass is 79.9. The van der Waals surface area contributed by atoms with Crippen LogP contribution in [0.2, 0.25) is 0 Å². The number of thiophene rings is 3. The Balaban J connectivity index is 1.85. The predicted molar refractivity (Wildman–Crippen MR) is 137 cm³/mol. The largest absolute Gasteiger partial charge is 0.352 e. The van der Waals surface area contributed by atoms with Crippen molar-refractivity contribution in [3.05, 3.63) is 43.0 Å². The average molecular weight is 589 g/mol. The summed E-state index contributed by atoms with van der Waals surface area (Å²) < 4.78 is 2.00. The highest BCUT2D eigenvalue weighted by Crippen LogP contribution is 2.46. The van der Waals surface area contributed by atoms with Gasteiger partial charge in [0, 0.05) is 21.9 Å². The normalized spacial score (nSPS) is 11.0. The van der Waals surface area contributed by atoms with Crippen LogP contribution in [0.25, 0.3) is 19.5 Å². The van der Waals surface area contributed by atoms with Crippen LogP contribution in [0.3, 0.4) is 0 Å². The van der Waals surface area contributed by atoms with Crippen LogP contribution in [0.4, 0.5) is 0 Å². The fourth-order valence-corrected chi connectivity index (χ4v) is 7.49. The SMILES string of the molecule is CCCCCCCCNC(=O)c1c(-c2ccc(Br)s2)sc(-c2ccc(Br)s2)c1C=O. The molecule has 0 aromatic carbocycles. The van der Waals surface area contributed by atoms with Crippen LogP contribution in [-0.4, -0.2) is 18.7 Å². The first-order valence-electron chi connectivity index (χ1n) is 9.96. The van der Waals surface area contributed by atoms with E-state index in [1.54, 1.807) is 22.7 Å². The predicted octanol–water partition coefficient (Wildman–Crippen LogP) is 8.63. The zero-order valence-electron chi connectivity index (χ0n) is 16.6. The lowest BCUT2D eigenvalue weighted by atomic mass is 10.1. The molecule has 160 valence electrons. The van der Waals surface area contributed by atoms with E-state index in [0.29, 0.717) is 17.7 Å². The molecule has 0 aliphatic rings. The zero-order valence-corrected chi connectivity index (χ0v) is 22.3. The van der Waals surface area contributed by atoms with Crippen LogP contribution in [0.15, 0.2) is 31.8 Å². The molecule has 8 heteroatoms. The molecule has 30 heavy (non-hydrogen) atoms. The lowest BCUT2D eigenvalue weighted by Crippen LogP contribution is -2.25. The molecular formula is C22H23Br2NO2S3. The molecule has 3 aromatic rings. The lowest BCUT2D eigenvalue weighted by molar-refractivity contribution is 0.0948. The molecule has 0 radical (unpaired) electrons. The monoisotopic (exact) mass is 587 g/mol. The molecule has 0 atom stereocenters. The summed E-state index contributed by atoms with van der Waals surface area (Å²) in [5.74, 6) is -0.164. The Labute approximate surface area is 206 Å². The molecule has 0 saturated carbocycles. The highest BCUT2D eigenvalue weighted by Gasteiger charge is 2.26. The highest BCUT2D eigenvalue weighted by molar-refractivity contribution is 9.11. The van der Waals surface area contributed by atoms with Gasteiger partial charge in [-0.3, -0.25) is 9.59 Å². The summed E-state index contributed by atoms with van der Waals surface area (Å²) in [7, 11) is 0. The van der Waals surface area contributed by atoms with Crippen molar-refractivity contribution >= 4 is 78.1 Å². The van der Waals surface area contributed by atoms with E-state index >= 15 is 0 Å². The van der Waals surface area contributed by atoms with E-state index in [1.807, 2.05) is 24.3 Å². The number of carbonyl (C=O) groups is 2. The van der Waals surface area contributed by atoms with Crippen molar-refractivity contribution in [3.8, 4) is 19.5 Å². The van der Waals surface area contributed by atoms with Crippen LogP contribution in [0.5, 0.6) is 0 Å². The van der Waals surface area contributed by atoms with Crippen LogP contribution >= 0.6 is 65.9 Å². The minimum atomic E-state index is -0.164. The van der Waals surface area contributed by atoms with Gasteiger partial charge in [0.15, 0.2) is 6.29 Å². The molecule has 1 amide bonds. The third-order valence-electron chi connectivity index (χ3n) is 4.70. The summed E-state index contributed by atoms with van der Waals surface area (Å²) in [6, 6.07) is 7.92. The van der Waals surface area contributed by atoms with Crippen molar-refractivity contribution in [1.29, 1.82) is 0 Å². The Bertz CT molecular complexity index is 1010. The molecule has 0 spiro atoms. The van der Waals surface area contributed by atoms with Crippen LogP contribution in [0.1, 0.15) is 66.2 Å². The number of unbranched alkanes of at least 4 members (excludes halogenated alkanes) is 5. The third kappa shape index (κ3) is 5.91. The fraction of sp³-hybridized carbons (Fsp3) is 0.364. The topological polar surface area (TPSA) is 46.2 Å². The Hall–Kier alpha value is -0.800. The fourth-order valence-electron chi connectivity index (χ4n) is 3.21. The molecule has 0 unspecified atom stereocenters. The van der Waals surface area contributed by atoms with Crippen LogP contribution in [0, 0.1) is 0 Å². The summed E-state index contributed by atoms with van der Waals surface area (Å²) in [5, 5.41) is 3.05. The van der Waals surface area contributed by atoms with Gasteiger partial charge in [-0.15, -0.1) is 34.0 Å². The van der Waals surface area contributed by atoms with Gasteiger partial charge in [-0.1, -0.05) is 39.0 Å². The molecule has 0 fully saturated rings. The summed E-state index contributed by atoms with van der Waals surface area (Å²) >= 11 is 11.6. The van der Waals surface area contributed by atoms with E-state index in [4.69, 9.17) is 0 Å². The van der Waals surface area contributed by atoms with E-state index in [2.05, 4.69) is 44.1 Å². The number of rotatable bonds is 11. The Morgan fingerprint density at radius 2 is 1.50 bits per heavy atom. The Kier molecular flexibility index (Phi) is 9.32. The molecule has 0 saturated heterocycles. The number of hydrogen-bond acceptors (Lipinski definition) is 5. The Morgan fingerprint density at radius 3 is 2.07 bits per heavy atom. The van der Waals surface area contributed by atoms with E-state index in [1.165, 1.54) is 37.0 Å². The molecule has 3 aromatic heterocycles. The second-order valence-corrected chi connectivity index (χ2v) is 12.8. The summed E-state index contributed by atoms with van der Waals surface area (Å²) in [4.78, 5) is 28.9. The number of aldehydes is 1. The number of hydrogen-bond donors (Lipinski definition) is 1. The van der Waals surface area contributed by atoms with Gasteiger partial charge in [0.1, 0.15) is 0 Å². The first kappa shape index (κ1) is 23.9. The van der Waals surface area contributed by atoms with Crippen molar-refractivity contribution in [3.63, 3.8) is 0 Å². The first-order chi connectivity index (χ1) is 14.5. The van der Waals surface area contributed by atoms with Gasteiger partial charge < -0.3 is 5.32 Å². The molecule has 0 bridgehead atoms. The minimum absolute atomic E-state index is 0.164. The van der Waals surface area contributed by atoms with Crippen molar-refractivity contribution in [2.75, 3.05) is 6.54 Å². The maximum Gasteiger partial charge on any atom is 0.253 e. The van der Waals surface area contributed by atoms with Crippen LogP contribution in [-0.2, 0) is 0 Å². The molecule has 1 N–H and O–H groups in total. The minimum Gasteiger partial charge on any atom is -0.352 e. The molecule has 0 aliphatic carbocycles. The van der Waals surface area contributed by atoms with Crippen LogP contribution < -0.4 is 5.32 Å². The van der Waals surface area contributed by atoms with Gasteiger partial charge in [-0.25, -0.2) is 0 Å². The molecule has 3 rings (SSSR count). The zero-order chi connectivity index (χ0) is 21.5. The van der Waals surface area contributed by atoms with Crippen molar-refractivity contribution in [1.82, 2.24) is 5.32 Å². The molecule has 3 nitrogen and oxygen atoms in total. The van der Waals surface area contributed by atoms with Crippen molar-refractivity contribution in [2.45, 2.75) is 45.4 Å². The van der Waals surface area contributed by atoms with E-state index in [0.717, 1.165) is 46.2 Å². The number of amides is 1. The maximum atomic E-state index is 13.1. The standard InChI is InChI=1S/C22H23Br2NO2S3/c1-2-3-4-5-6-7-12-25-22(27)19-14(13-26)20(15-8-10-17(23)28-15)30-21(19)16-9-11-18(24)29-16/h8-11,13H,2-7,12H2,1H3,(H,25,27). The van der Waals surface area contributed by atoms with E-state index < -0.39 is 0 Å². The van der Waals surface area contributed by atoms with Crippen molar-refractivity contribution in [2.24, 2.45) is 0 Å². The van der Waals surface area contributed by atoms with E-state index in [-0.39, 0.29) is 5.91 Å². The van der Waals surface area contributed by atoms with Gasteiger partial charge in [-0.05, 0) is 62.5 Å². The molecule has 0 aliphatic heterocycles.